The molecule has 1 fully saturated rings. The third-order valence-corrected chi connectivity index (χ3v) is 8.71. The summed E-state index contributed by atoms with van der Waals surface area (Å²) in [6, 6.07) is 13.8. The lowest BCUT2D eigenvalue weighted by Crippen LogP contribution is -2.57. The Hall–Kier alpha value is -4.41. The van der Waals surface area contributed by atoms with Gasteiger partial charge in [-0.2, -0.15) is 0 Å². The van der Waals surface area contributed by atoms with Gasteiger partial charge in [0.05, 0.1) is 5.56 Å². The lowest BCUT2D eigenvalue weighted by atomic mass is 10.0. The summed E-state index contributed by atoms with van der Waals surface area (Å²) in [7, 11) is 6.65. The van der Waals surface area contributed by atoms with Gasteiger partial charge in [-0.15, -0.1) is 0 Å². The highest BCUT2D eigenvalue weighted by Crippen LogP contribution is 2.25. The van der Waals surface area contributed by atoms with Crippen LogP contribution in [0.25, 0.3) is 0 Å². The van der Waals surface area contributed by atoms with Gasteiger partial charge >= 0.3 is 0 Å². The van der Waals surface area contributed by atoms with Crippen LogP contribution in [0.5, 0.6) is 5.75 Å². The molecule has 1 saturated heterocycles. The highest BCUT2D eigenvalue weighted by molar-refractivity contribution is 6.00. The molecule has 11 nitrogen and oxygen atoms in total. The van der Waals surface area contributed by atoms with Crippen molar-refractivity contribution in [2.45, 2.75) is 77.4 Å². The maximum atomic E-state index is 14.2. The van der Waals surface area contributed by atoms with Gasteiger partial charge in [0, 0.05) is 47.7 Å². The van der Waals surface area contributed by atoms with Crippen LogP contribution in [0.3, 0.4) is 0 Å². The van der Waals surface area contributed by atoms with E-state index in [1.165, 1.54) is 9.80 Å². The van der Waals surface area contributed by atoms with Crippen molar-refractivity contribution < 1.29 is 28.7 Å². The number of likely N-dealkylation sites (tertiary alicyclic amines) is 1. The molecule has 1 N–H and O–H groups in total. The fraction of sp³-hybridized carbons (Fsp3) is 0.541. The molecule has 3 rings (SSSR count). The molecule has 1 aliphatic rings. The van der Waals surface area contributed by atoms with Crippen molar-refractivity contribution in [2.24, 2.45) is 5.92 Å². The summed E-state index contributed by atoms with van der Waals surface area (Å²) in [4.78, 5) is 73.9. The number of para-hydroxylation sites is 1. The molecule has 2 aromatic rings. The predicted octanol–water partition coefficient (Wildman–Crippen LogP) is 3.62. The van der Waals surface area contributed by atoms with Gasteiger partial charge in [-0.3, -0.25) is 24.0 Å². The number of nitrogens with one attached hydrogen (secondary N) is 1. The second-order valence-electron chi connectivity index (χ2n) is 13.2. The Bertz CT molecular complexity index is 1400. The SMILES string of the molecule is CCCCN(C)C(=O)[C@H](Cc1ccccc1)N(C)C(=O)[C@H]1CCCN1C(=O)[C@@H](CC(C)C)NC(=O)c1ccccc1OCC(=O)N(C)C. The maximum Gasteiger partial charge on any atom is 0.259 e. The highest BCUT2D eigenvalue weighted by atomic mass is 16.5. The first kappa shape index (κ1) is 38.0. The Labute approximate surface area is 285 Å². The van der Waals surface area contributed by atoms with E-state index in [-0.39, 0.29) is 47.5 Å². The van der Waals surface area contributed by atoms with Crippen molar-refractivity contribution in [2.75, 3.05) is 47.9 Å². The molecule has 48 heavy (non-hydrogen) atoms. The number of hydrogen-bond donors (Lipinski definition) is 1. The number of carbonyl (C=O) groups is 5. The number of benzene rings is 2. The Balaban J connectivity index is 1.82. The van der Waals surface area contributed by atoms with Crippen LogP contribution in [0, 0.1) is 5.92 Å². The fourth-order valence-corrected chi connectivity index (χ4v) is 5.84. The molecular weight excluding hydrogens is 610 g/mol. The average molecular weight is 664 g/mol. The lowest BCUT2D eigenvalue weighted by Gasteiger charge is -2.35. The summed E-state index contributed by atoms with van der Waals surface area (Å²) < 4.78 is 5.67. The van der Waals surface area contributed by atoms with Gasteiger partial charge in [0.2, 0.25) is 17.7 Å². The van der Waals surface area contributed by atoms with Gasteiger partial charge in [-0.25, -0.2) is 0 Å². The van der Waals surface area contributed by atoms with Crippen LogP contribution in [0.15, 0.2) is 54.6 Å². The fourth-order valence-electron chi connectivity index (χ4n) is 5.84. The number of amides is 5. The van der Waals surface area contributed by atoms with Crippen LogP contribution in [0.1, 0.15) is 68.8 Å². The van der Waals surface area contributed by atoms with Crippen LogP contribution in [0.2, 0.25) is 0 Å². The van der Waals surface area contributed by atoms with Gasteiger partial charge < -0.3 is 29.7 Å². The Morgan fingerprint density at radius 3 is 2.27 bits per heavy atom. The van der Waals surface area contributed by atoms with E-state index in [0.29, 0.717) is 38.8 Å². The molecule has 0 radical (unpaired) electrons. The molecule has 3 atom stereocenters. The molecular formula is C37H53N5O6. The van der Waals surface area contributed by atoms with E-state index in [1.807, 2.05) is 44.2 Å². The largest absolute Gasteiger partial charge is 0.483 e. The van der Waals surface area contributed by atoms with Crippen molar-refractivity contribution in [3.05, 3.63) is 65.7 Å². The van der Waals surface area contributed by atoms with Crippen molar-refractivity contribution >= 4 is 29.5 Å². The summed E-state index contributed by atoms with van der Waals surface area (Å²) in [5.74, 6) is -1.24. The number of ether oxygens (including phenoxy) is 1. The smallest absolute Gasteiger partial charge is 0.259 e. The first-order valence-corrected chi connectivity index (χ1v) is 16.9. The first-order chi connectivity index (χ1) is 22.8. The molecule has 11 heteroatoms. The van der Waals surface area contributed by atoms with E-state index in [2.05, 4.69) is 12.2 Å². The summed E-state index contributed by atoms with van der Waals surface area (Å²) in [6.45, 7) is 6.72. The molecule has 262 valence electrons. The van der Waals surface area contributed by atoms with Gasteiger partial charge in [0.25, 0.3) is 11.8 Å². The van der Waals surface area contributed by atoms with Crippen molar-refractivity contribution in [1.82, 2.24) is 24.9 Å². The highest BCUT2D eigenvalue weighted by Gasteiger charge is 2.41. The van der Waals surface area contributed by atoms with Gasteiger partial charge in [-0.05, 0) is 49.3 Å². The zero-order valence-corrected chi connectivity index (χ0v) is 29.6. The topological polar surface area (TPSA) is 120 Å². The van der Waals surface area contributed by atoms with Crippen molar-refractivity contribution in [1.29, 1.82) is 0 Å². The normalized spacial score (nSPS) is 15.4. The summed E-state index contributed by atoms with van der Waals surface area (Å²) in [5, 5.41) is 2.90. The van der Waals surface area contributed by atoms with Crippen molar-refractivity contribution in [3.63, 3.8) is 0 Å². The lowest BCUT2D eigenvalue weighted by molar-refractivity contribution is -0.149. The van der Waals surface area contributed by atoms with Crippen LogP contribution in [0.4, 0.5) is 0 Å². The van der Waals surface area contributed by atoms with Crippen LogP contribution >= 0.6 is 0 Å². The molecule has 0 aliphatic carbocycles. The van der Waals surface area contributed by atoms with Gasteiger partial charge in [-0.1, -0.05) is 69.7 Å². The molecule has 0 unspecified atom stereocenters. The van der Waals surface area contributed by atoms with Crippen molar-refractivity contribution in [3.8, 4) is 5.75 Å². The summed E-state index contributed by atoms with van der Waals surface area (Å²) >= 11 is 0. The molecule has 1 heterocycles. The quantitative estimate of drug-likeness (QED) is 0.293. The number of hydrogen-bond acceptors (Lipinski definition) is 6. The molecule has 0 saturated carbocycles. The zero-order chi connectivity index (χ0) is 35.4. The van der Waals surface area contributed by atoms with Crippen LogP contribution in [-0.2, 0) is 25.6 Å². The van der Waals surface area contributed by atoms with Gasteiger partial charge in [0.15, 0.2) is 6.61 Å². The van der Waals surface area contributed by atoms with E-state index in [0.717, 1.165) is 18.4 Å². The van der Waals surface area contributed by atoms with E-state index in [1.54, 1.807) is 62.3 Å². The van der Waals surface area contributed by atoms with E-state index in [4.69, 9.17) is 4.74 Å². The Morgan fingerprint density at radius 1 is 0.958 bits per heavy atom. The summed E-state index contributed by atoms with van der Waals surface area (Å²) in [6.07, 6.45) is 3.60. The molecule has 0 bridgehead atoms. The number of rotatable bonds is 16. The molecule has 5 amide bonds. The van der Waals surface area contributed by atoms with Crippen LogP contribution in [-0.4, -0.2) is 115 Å². The molecule has 0 aromatic heterocycles. The number of likely N-dealkylation sites (N-methyl/N-ethyl adjacent to an activating group) is 3. The minimum Gasteiger partial charge on any atom is -0.483 e. The Morgan fingerprint density at radius 2 is 1.62 bits per heavy atom. The van der Waals surface area contributed by atoms with E-state index in [9.17, 15) is 24.0 Å². The van der Waals surface area contributed by atoms with E-state index < -0.39 is 24.0 Å². The maximum absolute atomic E-state index is 14.2. The molecule has 1 aliphatic heterocycles. The second-order valence-corrected chi connectivity index (χ2v) is 13.2. The average Bonchev–Trinajstić information content (AvgIpc) is 3.57. The number of nitrogens with zero attached hydrogens (tertiary/aromatic N) is 4. The summed E-state index contributed by atoms with van der Waals surface area (Å²) in [5.41, 5.74) is 1.14. The monoisotopic (exact) mass is 663 g/mol. The number of unbranched alkanes of at least 4 members (excludes halogenated alkanes) is 1. The Kier molecular flexibility index (Phi) is 14.4. The standard InChI is InChI=1S/C37H53N5O6/c1-8-9-21-40(6)36(46)31(24-27-16-11-10-12-17-27)41(7)37(47)30-19-15-22-42(30)35(45)29(23-26(2)3)38-34(44)28-18-13-14-20-32(28)48-25-33(43)39(4)5/h10-14,16-18,20,26,29-31H,8-9,15,19,21-25H2,1-7H3,(H,38,44)/t29-,30-,31+/m1/s1. The van der Waals surface area contributed by atoms with Gasteiger partial charge in [0.1, 0.15) is 23.9 Å². The second kappa shape index (κ2) is 18.2. The third kappa shape index (κ3) is 10.3. The third-order valence-electron chi connectivity index (χ3n) is 8.71. The molecule has 2 aromatic carbocycles. The first-order valence-electron chi connectivity index (χ1n) is 16.9. The number of carbonyl (C=O) groups excluding carboxylic acids is 5. The zero-order valence-electron chi connectivity index (χ0n) is 29.6. The predicted molar refractivity (Wildman–Crippen MR) is 185 cm³/mol. The minimum atomic E-state index is -0.894. The van der Waals surface area contributed by atoms with Crippen LogP contribution < -0.4 is 10.1 Å². The molecule has 0 spiro atoms. The van der Waals surface area contributed by atoms with E-state index >= 15 is 0 Å². The minimum absolute atomic E-state index is 0.0643.